The fourth-order valence-electron chi connectivity index (χ4n) is 1.13. The minimum absolute atomic E-state index is 0.106. The van der Waals surface area contributed by atoms with Crippen molar-refractivity contribution in [1.82, 2.24) is 20.2 Å². The Morgan fingerprint density at radius 1 is 1.43 bits per heavy atom. The number of hydrogen-bond acceptors (Lipinski definition) is 6. The lowest BCUT2D eigenvalue weighted by Gasteiger charge is -1.96. The molecule has 0 radical (unpaired) electrons. The number of aromatic nitrogens is 4. The monoisotopic (exact) mass is 192 g/mol. The van der Waals surface area contributed by atoms with Gasteiger partial charge in [0.25, 0.3) is 0 Å². The summed E-state index contributed by atoms with van der Waals surface area (Å²) in [4.78, 5) is 7.71. The highest BCUT2D eigenvalue weighted by Gasteiger charge is 2.12. The topological polar surface area (TPSA) is 145 Å². The highest BCUT2D eigenvalue weighted by molar-refractivity contribution is 6.08. The molecule has 8 heteroatoms. The molecule has 0 aliphatic carbocycles. The first-order chi connectivity index (χ1) is 6.74. The fourth-order valence-corrected chi connectivity index (χ4v) is 1.13. The van der Waals surface area contributed by atoms with Gasteiger partial charge in [0, 0.05) is 0 Å². The van der Waals surface area contributed by atoms with Gasteiger partial charge in [-0.2, -0.15) is 10.2 Å². The van der Waals surface area contributed by atoms with Gasteiger partial charge in [-0.25, -0.2) is 9.97 Å². The van der Waals surface area contributed by atoms with E-state index in [4.69, 9.17) is 17.3 Å². The second-order valence-electron chi connectivity index (χ2n) is 2.57. The SMILES string of the molecule is NN=C(N)c1[nH]nc2ncnc(N)c12. The molecule has 0 fully saturated rings. The molecule has 0 spiro atoms. The van der Waals surface area contributed by atoms with E-state index in [2.05, 4.69) is 25.3 Å². The van der Waals surface area contributed by atoms with Crippen molar-refractivity contribution in [1.29, 1.82) is 0 Å². The van der Waals surface area contributed by atoms with Crippen LogP contribution in [0.1, 0.15) is 5.69 Å². The van der Waals surface area contributed by atoms with Crippen LogP contribution in [0.2, 0.25) is 0 Å². The van der Waals surface area contributed by atoms with E-state index < -0.39 is 0 Å². The van der Waals surface area contributed by atoms with E-state index in [0.29, 0.717) is 16.7 Å². The standard InChI is InChI=1S/C6H8N8/c7-4-2-3(5(8)12-9)13-14-6(2)11-1-10-4/h1H,9H2,(H2,8,12)(H3,7,10,11,13,14). The number of fused-ring (bicyclic) bond motifs is 1. The lowest BCUT2D eigenvalue weighted by Crippen LogP contribution is -2.16. The van der Waals surface area contributed by atoms with Crippen molar-refractivity contribution in [3.05, 3.63) is 12.0 Å². The Hall–Kier alpha value is -2.38. The Morgan fingerprint density at radius 2 is 2.21 bits per heavy atom. The zero-order valence-electron chi connectivity index (χ0n) is 7.10. The van der Waals surface area contributed by atoms with Crippen molar-refractivity contribution in [2.24, 2.45) is 16.7 Å². The lowest BCUT2D eigenvalue weighted by molar-refractivity contribution is 1.07. The third kappa shape index (κ3) is 1.01. The molecule has 0 aliphatic rings. The molecule has 0 saturated heterocycles. The summed E-state index contributed by atoms with van der Waals surface area (Å²) in [7, 11) is 0. The van der Waals surface area contributed by atoms with Crippen LogP contribution in [0.25, 0.3) is 11.0 Å². The van der Waals surface area contributed by atoms with Gasteiger partial charge in [0.2, 0.25) is 0 Å². The van der Waals surface area contributed by atoms with Crippen molar-refractivity contribution in [3.63, 3.8) is 0 Å². The van der Waals surface area contributed by atoms with E-state index in [1.165, 1.54) is 6.33 Å². The van der Waals surface area contributed by atoms with Crippen molar-refractivity contribution < 1.29 is 0 Å². The number of anilines is 1. The smallest absolute Gasteiger partial charge is 0.186 e. The van der Waals surface area contributed by atoms with Crippen LogP contribution in [0.15, 0.2) is 11.4 Å². The molecule has 0 saturated carbocycles. The second-order valence-corrected chi connectivity index (χ2v) is 2.57. The number of nitrogens with one attached hydrogen (secondary N) is 1. The molecule has 2 heterocycles. The number of H-pyrrole nitrogens is 1. The van der Waals surface area contributed by atoms with Crippen LogP contribution in [0.3, 0.4) is 0 Å². The second kappa shape index (κ2) is 2.83. The maximum Gasteiger partial charge on any atom is 0.186 e. The van der Waals surface area contributed by atoms with Gasteiger partial charge in [-0.05, 0) is 0 Å². The number of hydrogen-bond donors (Lipinski definition) is 4. The maximum absolute atomic E-state index is 5.63. The normalized spacial score (nSPS) is 12.1. The van der Waals surface area contributed by atoms with Crippen LogP contribution in [-0.2, 0) is 0 Å². The molecule has 2 aromatic rings. The summed E-state index contributed by atoms with van der Waals surface area (Å²) in [5, 5.41) is 10.4. The summed E-state index contributed by atoms with van der Waals surface area (Å²) in [6, 6.07) is 0. The summed E-state index contributed by atoms with van der Waals surface area (Å²) >= 11 is 0. The van der Waals surface area contributed by atoms with Crippen LogP contribution >= 0.6 is 0 Å². The third-order valence-electron chi connectivity index (χ3n) is 1.78. The average Bonchev–Trinajstić information content (AvgIpc) is 2.62. The van der Waals surface area contributed by atoms with Crippen LogP contribution in [0.4, 0.5) is 5.82 Å². The van der Waals surface area contributed by atoms with Gasteiger partial charge < -0.3 is 17.3 Å². The summed E-state index contributed by atoms with van der Waals surface area (Å²) < 4.78 is 0. The van der Waals surface area contributed by atoms with Crippen LogP contribution in [-0.4, -0.2) is 26.0 Å². The summed E-state index contributed by atoms with van der Waals surface area (Å²) in [5.74, 6) is 5.43. The zero-order valence-corrected chi connectivity index (χ0v) is 7.10. The number of amidine groups is 1. The average molecular weight is 192 g/mol. The van der Waals surface area contributed by atoms with Gasteiger partial charge in [0.15, 0.2) is 11.5 Å². The number of nitrogens with zero attached hydrogens (tertiary/aromatic N) is 4. The lowest BCUT2D eigenvalue weighted by atomic mass is 10.2. The molecule has 8 nitrogen and oxygen atoms in total. The molecule has 0 unspecified atom stereocenters. The van der Waals surface area contributed by atoms with Crippen molar-refractivity contribution in [2.45, 2.75) is 0 Å². The number of aromatic amines is 1. The van der Waals surface area contributed by atoms with E-state index in [9.17, 15) is 0 Å². The van der Waals surface area contributed by atoms with E-state index >= 15 is 0 Å². The highest BCUT2D eigenvalue weighted by atomic mass is 15.2. The number of rotatable bonds is 1. The minimum atomic E-state index is 0.106. The van der Waals surface area contributed by atoms with Gasteiger partial charge >= 0.3 is 0 Å². The maximum atomic E-state index is 5.63. The van der Waals surface area contributed by atoms with E-state index in [0.717, 1.165) is 0 Å². The predicted molar refractivity (Wildman–Crippen MR) is 51.0 cm³/mol. The largest absolute Gasteiger partial charge is 0.383 e. The fraction of sp³-hybridized carbons (Fsp3) is 0. The van der Waals surface area contributed by atoms with Gasteiger partial charge in [-0.3, -0.25) is 5.10 Å². The first kappa shape index (κ1) is 8.23. The molecular weight excluding hydrogens is 184 g/mol. The molecule has 2 aromatic heterocycles. The number of hydrazone groups is 1. The quantitative estimate of drug-likeness (QED) is 0.187. The molecule has 14 heavy (non-hydrogen) atoms. The molecule has 0 aliphatic heterocycles. The highest BCUT2D eigenvalue weighted by Crippen LogP contribution is 2.17. The van der Waals surface area contributed by atoms with E-state index in [1.807, 2.05) is 0 Å². The molecule has 0 amide bonds. The molecular formula is C6H8N8. The van der Waals surface area contributed by atoms with E-state index in [-0.39, 0.29) is 11.7 Å². The van der Waals surface area contributed by atoms with Gasteiger partial charge in [0.05, 0.1) is 5.39 Å². The van der Waals surface area contributed by atoms with Gasteiger partial charge in [-0.1, -0.05) is 0 Å². The Balaban J connectivity index is 2.80. The van der Waals surface area contributed by atoms with Gasteiger partial charge in [0.1, 0.15) is 17.8 Å². The summed E-state index contributed by atoms with van der Waals surface area (Å²) in [6.45, 7) is 0. The first-order valence-corrected chi connectivity index (χ1v) is 3.72. The van der Waals surface area contributed by atoms with Crippen molar-refractivity contribution >= 4 is 22.7 Å². The van der Waals surface area contributed by atoms with Crippen LogP contribution in [0, 0.1) is 0 Å². The van der Waals surface area contributed by atoms with E-state index in [1.54, 1.807) is 0 Å². The predicted octanol–water partition coefficient (Wildman–Crippen LogP) is -1.49. The first-order valence-electron chi connectivity index (χ1n) is 3.72. The molecule has 0 atom stereocenters. The molecule has 0 bridgehead atoms. The van der Waals surface area contributed by atoms with Crippen molar-refractivity contribution in [2.75, 3.05) is 5.73 Å². The van der Waals surface area contributed by atoms with Crippen LogP contribution in [0.5, 0.6) is 0 Å². The van der Waals surface area contributed by atoms with Crippen molar-refractivity contribution in [3.8, 4) is 0 Å². The Labute approximate surface area is 78.2 Å². The summed E-state index contributed by atoms with van der Waals surface area (Å²) in [5.41, 5.74) is 12.0. The minimum Gasteiger partial charge on any atom is -0.383 e. The van der Waals surface area contributed by atoms with Crippen LogP contribution < -0.4 is 17.3 Å². The Bertz CT molecular complexity index is 498. The van der Waals surface area contributed by atoms with Gasteiger partial charge in [-0.15, -0.1) is 0 Å². The number of nitrogen functional groups attached to an aromatic ring is 1. The molecule has 7 N–H and O–H groups in total. The Kier molecular flexibility index (Phi) is 1.67. The number of nitrogens with two attached hydrogens (primary N) is 3. The molecule has 0 aromatic carbocycles. The summed E-state index contributed by atoms with van der Waals surface area (Å²) in [6.07, 6.45) is 1.32. The molecule has 2 rings (SSSR count). The Morgan fingerprint density at radius 3 is 2.93 bits per heavy atom. The molecule has 72 valence electrons. The zero-order chi connectivity index (χ0) is 10.1. The third-order valence-corrected chi connectivity index (χ3v) is 1.78.